The van der Waals surface area contributed by atoms with Crippen molar-refractivity contribution >= 4 is 27.6 Å². The van der Waals surface area contributed by atoms with Gasteiger partial charge in [-0.05, 0) is 55.2 Å². The Morgan fingerprint density at radius 1 is 1.23 bits per heavy atom. The zero-order valence-electron chi connectivity index (χ0n) is 17.1. The van der Waals surface area contributed by atoms with Crippen molar-refractivity contribution in [3.63, 3.8) is 0 Å². The number of carboxylic acids is 1. The van der Waals surface area contributed by atoms with Crippen LogP contribution in [0, 0.1) is 26.6 Å². The van der Waals surface area contributed by atoms with E-state index in [9.17, 15) is 22.7 Å². The Bertz CT molecular complexity index is 1120. The summed E-state index contributed by atoms with van der Waals surface area (Å²) < 4.78 is 48.0. The first-order valence-electron chi connectivity index (χ1n) is 9.40. The number of aliphatic carboxylic acids is 1. The van der Waals surface area contributed by atoms with Crippen molar-refractivity contribution in [3.05, 3.63) is 57.4 Å². The number of nitrogens with zero attached hydrogens (tertiary/aromatic N) is 1. The van der Waals surface area contributed by atoms with Gasteiger partial charge in [-0.25, -0.2) is 12.8 Å². The van der Waals surface area contributed by atoms with Gasteiger partial charge < -0.3 is 9.84 Å². The van der Waals surface area contributed by atoms with Gasteiger partial charge in [-0.15, -0.1) is 0 Å². The van der Waals surface area contributed by atoms with Gasteiger partial charge in [-0.2, -0.15) is 4.31 Å². The summed E-state index contributed by atoms with van der Waals surface area (Å²) in [7, 11) is -4.25. The van der Waals surface area contributed by atoms with Gasteiger partial charge in [0.2, 0.25) is 10.0 Å². The van der Waals surface area contributed by atoms with Crippen molar-refractivity contribution in [2.24, 2.45) is 0 Å². The molecule has 1 unspecified atom stereocenters. The molecule has 0 saturated heterocycles. The Kier molecular flexibility index (Phi) is 6.13. The van der Waals surface area contributed by atoms with Gasteiger partial charge in [0.15, 0.2) is 0 Å². The maximum absolute atomic E-state index is 14.7. The zero-order chi connectivity index (χ0) is 22.4. The van der Waals surface area contributed by atoms with Gasteiger partial charge in [0.05, 0.1) is 0 Å². The Balaban J connectivity index is 2.16. The monoisotopic (exact) mass is 455 g/mol. The average Bonchev–Trinajstić information content (AvgIpc) is 2.76. The molecule has 1 aliphatic rings. The number of carboxylic acid groups (broad SMARTS) is 1. The van der Waals surface area contributed by atoms with Crippen molar-refractivity contribution < 1.29 is 27.4 Å². The molecule has 0 aliphatic carbocycles. The van der Waals surface area contributed by atoms with E-state index in [0.29, 0.717) is 16.1 Å². The second-order valence-electron chi connectivity index (χ2n) is 7.49. The predicted molar refractivity (Wildman–Crippen MR) is 111 cm³/mol. The second-order valence-corrected chi connectivity index (χ2v) is 9.75. The molecule has 0 spiro atoms. The van der Waals surface area contributed by atoms with E-state index in [0.717, 1.165) is 9.87 Å². The lowest BCUT2D eigenvalue weighted by Crippen LogP contribution is -2.48. The predicted octanol–water partition coefficient (Wildman–Crippen LogP) is 4.04. The van der Waals surface area contributed by atoms with Crippen LogP contribution in [0.1, 0.15) is 35.1 Å². The number of ether oxygens (including phenoxy) is 1. The van der Waals surface area contributed by atoms with E-state index in [1.807, 2.05) is 0 Å². The molecule has 0 bridgehead atoms. The van der Waals surface area contributed by atoms with E-state index < -0.39 is 33.8 Å². The zero-order valence-corrected chi connectivity index (χ0v) is 18.6. The first kappa shape index (κ1) is 22.5. The number of hydrogen-bond acceptors (Lipinski definition) is 4. The van der Waals surface area contributed by atoms with E-state index in [4.69, 9.17) is 16.3 Å². The van der Waals surface area contributed by atoms with Crippen LogP contribution in [-0.2, 0) is 14.8 Å². The standard InChI is InChI=1S/C21H23ClFNO5S/c1-11-5-6-16(23)19(13(11)3)14(4)20(21(25)26)24-7-8-29-17-10-15(22)12(2)9-18(17)30(24,27)28/h5-6,9-10,14,20H,7-8H2,1-4H3,(H,25,26)/t14?,20-/m0/s1. The molecule has 2 atom stereocenters. The van der Waals surface area contributed by atoms with E-state index in [-0.39, 0.29) is 29.4 Å². The van der Waals surface area contributed by atoms with Gasteiger partial charge in [0.1, 0.15) is 29.1 Å². The molecule has 162 valence electrons. The summed E-state index contributed by atoms with van der Waals surface area (Å²) in [6.07, 6.45) is 0. The first-order valence-corrected chi connectivity index (χ1v) is 11.2. The summed E-state index contributed by atoms with van der Waals surface area (Å²) in [5, 5.41) is 10.3. The van der Waals surface area contributed by atoms with Crippen LogP contribution in [0.5, 0.6) is 5.75 Å². The highest BCUT2D eigenvalue weighted by Crippen LogP contribution is 2.38. The molecule has 3 rings (SSSR count). The first-order chi connectivity index (χ1) is 14.0. The van der Waals surface area contributed by atoms with Crippen LogP contribution in [0.4, 0.5) is 4.39 Å². The molecule has 6 nitrogen and oxygen atoms in total. The van der Waals surface area contributed by atoms with Crippen LogP contribution < -0.4 is 4.74 Å². The molecule has 0 aromatic heterocycles. The maximum Gasteiger partial charge on any atom is 0.322 e. The van der Waals surface area contributed by atoms with Crippen LogP contribution in [0.25, 0.3) is 0 Å². The SMILES string of the molecule is Cc1cc2c(cc1Cl)OCCN([C@H](C(=O)O)C(C)c1c(F)ccc(C)c1C)S2(=O)=O. The third kappa shape index (κ3) is 3.79. The minimum absolute atomic E-state index is 0.0581. The number of carbonyl (C=O) groups is 1. The van der Waals surface area contributed by atoms with Crippen molar-refractivity contribution in [1.29, 1.82) is 0 Å². The quantitative estimate of drug-likeness (QED) is 0.752. The lowest BCUT2D eigenvalue weighted by Gasteiger charge is -2.31. The molecule has 0 radical (unpaired) electrons. The van der Waals surface area contributed by atoms with E-state index in [2.05, 4.69) is 0 Å². The number of halogens is 2. The fraction of sp³-hybridized carbons (Fsp3) is 0.381. The molecule has 1 N–H and O–H groups in total. The molecule has 0 amide bonds. The smallest absolute Gasteiger partial charge is 0.322 e. The lowest BCUT2D eigenvalue weighted by molar-refractivity contribution is -0.142. The van der Waals surface area contributed by atoms with Crippen molar-refractivity contribution in [2.45, 2.75) is 44.6 Å². The third-order valence-corrected chi connectivity index (χ3v) is 7.91. The molecule has 1 heterocycles. The fourth-order valence-corrected chi connectivity index (χ4v) is 5.83. The number of benzene rings is 2. The van der Waals surface area contributed by atoms with Gasteiger partial charge in [0.25, 0.3) is 0 Å². The largest absolute Gasteiger partial charge is 0.491 e. The van der Waals surface area contributed by atoms with Crippen LogP contribution in [0.2, 0.25) is 5.02 Å². The molecule has 2 aromatic rings. The highest BCUT2D eigenvalue weighted by atomic mass is 35.5. The molecule has 0 fully saturated rings. The molecule has 1 aliphatic heterocycles. The summed E-state index contributed by atoms with van der Waals surface area (Å²) in [6.45, 7) is 6.41. The highest BCUT2D eigenvalue weighted by Gasteiger charge is 2.43. The third-order valence-electron chi connectivity index (χ3n) is 5.61. The molecule has 30 heavy (non-hydrogen) atoms. The number of hydrogen-bond donors (Lipinski definition) is 1. The van der Waals surface area contributed by atoms with Crippen LogP contribution >= 0.6 is 11.6 Å². The van der Waals surface area contributed by atoms with Crippen LogP contribution in [0.3, 0.4) is 0 Å². The van der Waals surface area contributed by atoms with E-state index in [1.165, 1.54) is 25.1 Å². The highest BCUT2D eigenvalue weighted by molar-refractivity contribution is 7.89. The number of sulfonamides is 1. The van der Waals surface area contributed by atoms with Crippen molar-refractivity contribution in [2.75, 3.05) is 13.2 Å². The van der Waals surface area contributed by atoms with E-state index in [1.54, 1.807) is 26.8 Å². The van der Waals surface area contributed by atoms with Gasteiger partial charge in [0, 0.05) is 23.6 Å². The van der Waals surface area contributed by atoms with Crippen molar-refractivity contribution in [3.8, 4) is 5.75 Å². The molecular formula is C21H23ClFNO5S. The van der Waals surface area contributed by atoms with Gasteiger partial charge >= 0.3 is 5.97 Å². The Hall–Kier alpha value is -2.16. The van der Waals surface area contributed by atoms with Crippen molar-refractivity contribution in [1.82, 2.24) is 4.31 Å². The maximum atomic E-state index is 14.7. The Morgan fingerprint density at radius 2 is 1.90 bits per heavy atom. The second kappa shape index (κ2) is 8.17. The summed E-state index contributed by atoms with van der Waals surface area (Å²) in [5.74, 6) is -2.79. The van der Waals surface area contributed by atoms with Gasteiger partial charge in [-0.1, -0.05) is 24.6 Å². The fourth-order valence-electron chi connectivity index (χ4n) is 3.84. The summed E-state index contributed by atoms with van der Waals surface area (Å²) in [6, 6.07) is 4.14. The number of fused-ring (bicyclic) bond motifs is 1. The lowest BCUT2D eigenvalue weighted by atomic mass is 9.87. The van der Waals surface area contributed by atoms with Gasteiger partial charge in [-0.3, -0.25) is 4.79 Å². The molecule has 9 heteroatoms. The minimum atomic E-state index is -4.25. The normalized spacial score (nSPS) is 18.1. The summed E-state index contributed by atoms with van der Waals surface area (Å²) >= 11 is 6.10. The minimum Gasteiger partial charge on any atom is -0.491 e. The Labute approximate surface area is 180 Å². The topological polar surface area (TPSA) is 83.9 Å². The van der Waals surface area contributed by atoms with E-state index >= 15 is 0 Å². The van der Waals surface area contributed by atoms with Crippen LogP contribution in [-0.4, -0.2) is 43.0 Å². The Morgan fingerprint density at radius 3 is 2.53 bits per heavy atom. The molecule has 0 saturated carbocycles. The molecule has 2 aromatic carbocycles. The summed E-state index contributed by atoms with van der Waals surface area (Å²) in [4.78, 5) is 12.1. The molecular weight excluding hydrogens is 433 g/mol. The summed E-state index contributed by atoms with van der Waals surface area (Å²) in [5.41, 5.74) is 2.10. The van der Waals surface area contributed by atoms with Crippen LogP contribution in [0.15, 0.2) is 29.2 Å². The number of rotatable bonds is 4. The average molecular weight is 456 g/mol. The number of aryl methyl sites for hydroxylation is 2.